The van der Waals surface area contributed by atoms with E-state index in [1.165, 1.54) is 11.1 Å². The third-order valence-electron chi connectivity index (χ3n) is 3.71. The molecule has 0 spiro atoms. The summed E-state index contributed by atoms with van der Waals surface area (Å²) in [4.78, 5) is 4.44. The molecule has 0 amide bonds. The highest BCUT2D eigenvalue weighted by Crippen LogP contribution is 2.21. The molecule has 0 atom stereocenters. The van der Waals surface area contributed by atoms with Crippen LogP contribution in [0.4, 0.5) is 5.69 Å². The molecule has 124 valence electrons. The molecule has 0 saturated carbocycles. The van der Waals surface area contributed by atoms with Gasteiger partial charge in [-0.3, -0.25) is 0 Å². The zero-order chi connectivity index (χ0) is 16.9. The van der Waals surface area contributed by atoms with E-state index in [1.54, 1.807) is 0 Å². The maximum absolute atomic E-state index is 5.44. The van der Waals surface area contributed by atoms with Gasteiger partial charge in [0.15, 0.2) is 0 Å². The van der Waals surface area contributed by atoms with Crippen LogP contribution in [0.2, 0.25) is 0 Å². The smallest absolute Gasteiger partial charge is 0.246 e. The molecule has 3 rings (SSSR count). The summed E-state index contributed by atoms with van der Waals surface area (Å²) < 4.78 is 10.8. The van der Waals surface area contributed by atoms with Gasteiger partial charge in [0.1, 0.15) is 5.75 Å². The summed E-state index contributed by atoms with van der Waals surface area (Å²) >= 11 is 0. The quantitative estimate of drug-likeness (QED) is 0.730. The summed E-state index contributed by atoms with van der Waals surface area (Å²) in [6.45, 7) is 7.24. The normalized spacial score (nSPS) is 10.6. The van der Waals surface area contributed by atoms with Gasteiger partial charge in [0.25, 0.3) is 0 Å². The largest absolute Gasteiger partial charge is 0.494 e. The molecule has 0 radical (unpaired) electrons. The summed E-state index contributed by atoms with van der Waals surface area (Å²) in [5.74, 6) is 1.97. The van der Waals surface area contributed by atoms with E-state index in [1.807, 2.05) is 31.2 Å². The topological polar surface area (TPSA) is 60.2 Å². The Morgan fingerprint density at radius 2 is 1.88 bits per heavy atom. The first kappa shape index (κ1) is 16.1. The summed E-state index contributed by atoms with van der Waals surface area (Å²) in [7, 11) is 0. The van der Waals surface area contributed by atoms with E-state index in [2.05, 4.69) is 47.5 Å². The predicted molar refractivity (Wildman–Crippen MR) is 94.1 cm³/mol. The van der Waals surface area contributed by atoms with Crippen molar-refractivity contribution in [2.45, 2.75) is 27.3 Å². The molecule has 1 heterocycles. The lowest BCUT2D eigenvalue weighted by molar-refractivity contribution is 0.340. The number of nitrogens with zero attached hydrogens (tertiary/aromatic N) is 2. The number of benzene rings is 2. The van der Waals surface area contributed by atoms with E-state index in [4.69, 9.17) is 9.26 Å². The molecule has 1 N–H and O–H groups in total. The number of aryl methyl sites for hydroxylation is 2. The number of anilines is 1. The van der Waals surface area contributed by atoms with Gasteiger partial charge < -0.3 is 14.6 Å². The third-order valence-corrected chi connectivity index (χ3v) is 3.71. The SMILES string of the molecule is CCOc1ccc(-c2noc(CNc3cc(C)ccc3C)n2)cc1. The molecular formula is C19H21N3O2. The van der Waals surface area contributed by atoms with Crippen LogP contribution in [-0.2, 0) is 6.54 Å². The van der Waals surface area contributed by atoms with Crippen molar-refractivity contribution in [1.29, 1.82) is 0 Å². The summed E-state index contributed by atoms with van der Waals surface area (Å²) in [5, 5.41) is 7.39. The van der Waals surface area contributed by atoms with Crippen LogP contribution in [-0.4, -0.2) is 16.7 Å². The van der Waals surface area contributed by atoms with Gasteiger partial charge in [-0.2, -0.15) is 4.98 Å². The van der Waals surface area contributed by atoms with E-state index >= 15 is 0 Å². The maximum Gasteiger partial charge on any atom is 0.246 e. The molecule has 0 unspecified atom stereocenters. The van der Waals surface area contributed by atoms with Crippen LogP contribution >= 0.6 is 0 Å². The first-order valence-corrected chi connectivity index (χ1v) is 8.02. The van der Waals surface area contributed by atoms with Gasteiger partial charge in [0.05, 0.1) is 13.2 Å². The highest BCUT2D eigenvalue weighted by Gasteiger charge is 2.09. The number of nitrogens with one attached hydrogen (secondary N) is 1. The fourth-order valence-electron chi connectivity index (χ4n) is 2.41. The van der Waals surface area contributed by atoms with Crippen LogP contribution < -0.4 is 10.1 Å². The van der Waals surface area contributed by atoms with Crippen molar-refractivity contribution in [3.63, 3.8) is 0 Å². The van der Waals surface area contributed by atoms with Crippen molar-refractivity contribution in [3.05, 3.63) is 59.5 Å². The van der Waals surface area contributed by atoms with E-state index in [0.717, 1.165) is 17.0 Å². The number of rotatable bonds is 6. The van der Waals surface area contributed by atoms with Crippen LogP contribution in [0.5, 0.6) is 5.75 Å². The highest BCUT2D eigenvalue weighted by atomic mass is 16.5. The van der Waals surface area contributed by atoms with Gasteiger partial charge in [-0.1, -0.05) is 17.3 Å². The van der Waals surface area contributed by atoms with Crippen molar-refractivity contribution < 1.29 is 9.26 Å². The summed E-state index contributed by atoms with van der Waals surface area (Å²) in [5.41, 5.74) is 4.38. The predicted octanol–water partition coefficient (Wildman–Crippen LogP) is 4.36. The minimum Gasteiger partial charge on any atom is -0.494 e. The van der Waals surface area contributed by atoms with Crippen molar-refractivity contribution >= 4 is 5.69 Å². The molecule has 1 aromatic heterocycles. The Morgan fingerprint density at radius 1 is 1.08 bits per heavy atom. The number of hydrogen-bond donors (Lipinski definition) is 1. The first-order chi connectivity index (χ1) is 11.7. The second kappa shape index (κ2) is 7.17. The van der Waals surface area contributed by atoms with Gasteiger partial charge in [-0.15, -0.1) is 0 Å². The molecule has 0 aliphatic rings. The van der Waals surface area contributed by atoms with Gasteiger partial charge in [0.2, 0.25) is 11.7 Å². The molecule has 5 heteroatoms. The molecule has 0 aliphatic heterocycles. The second-order valence-corrected chi connectivity index (χ2v) is 5.64. The molecule has 0 bridgehead atoms. The molecule has 3 aromatic rings. The third kappa shape index (κ3) is 3.74. The second-order valence-electron chi connectivity index (χ2n) is 5.64. The monoisotopic (exact) mass is 323 g/mol. The molecule has 0 saturated heterocycles. The Balaban J connectivity index is 1.68. The number of aromatic nitrogens is 2. The van der Waals surface area contributed by atoms with Crippen LogP contribution in [0.1, 0.15) is 23.9 Å². The Labute approximate surface area is 141 Å². The Hall–Kier alpha value is -2.82. The van der Waals surface area contributed by atoms with Gasteiger partial charge in [-0.05, 0) is 62.2 Å². The van der Waals surface area contributed by atoms with Gasteiger partial charge >= 0.3 is 0 Å². The average molecular weight is 323 g/mol. The lowest BCUT2D eigenvalue weighted by Crippen LogP contribution is -2.01. The average Bonchev–Trinajstić information content (AvgIpc) is 3.06. The van der Waals surface area contributed by atoms with Gasteiger partial charge in [0, 0.05) is 11.3 Å². The van der Waals surface area contributed by atoms with E-state index in [9.17, 15) is 0 Å². The van der Waals surface area contributed by atoms with Crippen LogP contribution in [0.15, 0.2) is 47.0 Å². The van der Waals surface area contributed by atoms with E-state index < -0.39 is 0 Å². The summed E-state index contributed by atoms with van der Waals surface area (Å²) in [6, 6.07) is 14.0. The molecule has 2 aromatic carbocycles. The van der Waals surface area contributed by atoms with E-state index in [-0.39, 0.29) is 0 Å². The molecule has 24 heavy (non-hydrogen) atoms. The zero-order valence-corrected chi connectivity index (χ0v) is 14.2. The maximum atomic E-state index is 5.44. The van der Waals surface area contributed by atoms with Crippen molar-refractivity contribution in [3.8, 4) is 17.1 Å². The lowest BCUT2D eigenvalue weighted by Gasteiger charge is -2.08. The summed E-state index contributed by atoms with van der Waals surface area (Å²) in [6.07, 6.45) is 0. The lowest BCUT2D eigenvalue weighted by atomic mass is 10.1. The van der Waals surface area contributed by atoms with Crippen LogP contribution in [0, 0.1) is 13.8 Å². The fraction of sp³-hybridized carbons (Fsp3) is 0.263. The first-order valence-electron chi connectivity index (χ1n) is 8.02. The fourth-order valence-corrected chi connectivity index (χ4v) is 2.41. The van der Waals surface area contributed by atoms with Crippen molar-refractivity contribution in [2.75, 3.05) is 11.9 Å². The van der Waals surface area contributed by atoms with Gasteiger partial charge in [-0.25, -0.2) is 0 Å². The Kier molecular flexibility index (Phi) is 4.79. The minimum absolute atomic E-state index is 0.494. The Bertz CT molecular complexity index is 810. The van der Waals surface area contributed by atoms with Crippen molar-refractivity contribution in [2.24, 2.45) is 0 Å². The molecule has 0 fully saturated rings. The van der Waals surface area contributed by atoms with Crippen molar-refractivity contribution in [1.82, 2.24) is 10.1 Å². The molecular weight excluding hydrogens is 302 g/mol. The standard InChI is InChI=1S/C19H21N3O2/c1-4-23-16-9-7-15(8-10-16)19-21-18(24-22-19)12-20-17-11-13(2)5-6-14(17)3/h5-11,20H,4,12H2,1-3H3. The number of hydrogen-bond acceptors (Lipinski definition) is 5. The van der Waals surface area contributed by atoms with Crippen LogP contribution in [0.25, 0.3) is 11.4 Å². The van der Waals surface area contributed by atoms with E-state index in [0.29, 0.717) is 24.9 Å². The molecule has 0 aliphatic carbocycles. The minimum atomic E-state index is 0.494. The number of ether oxygens (including phenoxy) is 1. The molecule has 5 nitrogen and oxygen atoms in total. The highest BCUT2D eigenvalue weighted by molar-refractivity contribution is 5.56. The van der Waals surface area contributed by atoms with Crippen LogP contribution in [0.3, 0.4) is 0 Å². The zero-order valence-electron chi connectivity index (χ0n) is 14.2. The Morgan fingerprint density at radius 3 is 2.62 bits per heavy atom.